The highest BCUT2D eigenvalue weighted by molar-refractivity contribution is 7.92. The first kappa shape index (κ1) is 15.4. The Hall–Kier alpha value is -1.67. The van der Waals surface area contributed by atoms with Gasteiger partial charge >= 0.3 is 0 Å². The molecular formula is C11H17N3O4S. The lowest BCUT2D eigenvalue weighted by Gasteiger charge is -2.13. The van der Waals surface area contributed by atoms with Gasteiger partial charge in [-0.1, -0.05) is 0 Å². The van der Waals surface area contributed by atoms with Crippen LogP contribution in [-0.4, -0.2) is 44.8 Å². The summed E-state index contributed by atoms with van der Waals surface area (Å²) >= 11 is 0. The molecular weight excluding hydrogens is 270 g/mol. The number of pyridine rings is 1. The molecule has 106 valence electrons. The fourth-order valence-electron chi connectivity index (χ4n) is 1.54. The summed E-state index contributed by atoms with van der Waals surface area (Å²) in [5.41, 5.74) is 5.57. The van der Waals surface area contributed by atoms with Crippen LogP contribution in [0.3, 0.4) is 0 Å². The molecule has 19 heavy (non-hydrogen) atoms. The molecule has 0 aliphatic heterocycles. The van der Waals surface area contributed by atoms with E-state index in [1.54, 1.807) is 6.92 Å². The van der Waals surface area contributed by atoms with Crippen molar-refractivity contribution in [1.29, 1.82) is 0 Å². The molecule has 1 aromatic heterocycles. The molecule has 1 heterocycles. The molecule has 1 unspecified atom stereocenters. The Bertz CT molecular complexity index is 545. The van der Waals surface area contributed by atoms with Gasteiger partial charge in [0, 0.05) is 19.3 Å². The van der Waals surface area contributed by atoms with Crippen LogP contribution < -0.4 is 11.1 Å². The molecule has 0 aliphatic carbocycles. The molecule has 0 spiro atoms. The number of rotatable bonds is 6. The van der Waals surface area contributed by atoms with E-state index in [-0.39, 0.29) is 16.6 Å². The Kier molecular flexibility index (Phi) is 5.25. The maximum Gasteiger partial charge on any atom is 0.235 e. The van der Waals surface area contributed by atoms with Gasteiger partial charge < -0.3 is 15.8 Å². The average Bonchev–Trinajstić information content (AvgIpc) is 2.28. The number of ether oxygens (including phenoxy) is 1. The van der Waals surface area contributed by atoms with E-state index < -0.39 is 21.5 Å². The SMILES string of the molecule is COCC(C)NC(=O)CS(=O)(=O)c1ccncc1N. The summed E-state index contributed by atoms with van der Waals surface area (Å²) in [4.78, 5) is 15.2. The van der Waals surface area contributed by atoms with E-state index in [4.69, 9.17) is 10.5 Å². The number of methoxy groups -OCH3 is 1. The third kappa shape index (κ3) is 4.49. The van der Waals surface area contributed by atoms with Crippen LogP contribution in [0.25, 0.3) is 0 Å². The number of carbonyl (C=O) groups is 1. The number of nitrogens with one attached hydrogen (secondary N) is 1. The number of hydrogen-bond donors (Lipinski definition) is 2. The number of nitrogens with zero attached hydrogens (tertiary/aromatic N) is 1. The van der Waals surface area contributed by atoms with E-state index in [0.29, 0.717) is 6.61 Å². The number of sulfone groups is 1. The van der Waals surface area contributed by atoms with Crippen LogP contribution in [0.1, 0.15) is 6.92 Å². The first-order chi connectivity index (χ1) is 8.86. The highest BCUT2D eigenvalue weighted by Gasteiger charge is 2.22. The molecule has 1 aromatic rings. The molecule has 7 nitrogen and oxygen atoms in total. The summed E-state index contributed by atoms with van der Waals surface area (Å²) in [7, 11) is -2.27. The van der Waals surface area contributed by atoms with Crippen molar-refractivity contribution in [3.05, 3.63) is 18.5 Å². The molecule has 1 atom stereocenters. The Morgan fingerprint density at radius 3 is 2.84 bits per heavy atom. The zero-order valence-corrected chi connectivity index (χ0v) is 11.6. The molecule has 0 fully saturated rings. The highest BCUT2D eigenvalue weighted by atomic mass is 32.2. The summed E-state index contributed by atoms with van der Waals surface area (Å²) < 4.78 is 28.9. The predicted molar refractivity (Wildman–Crippen MR) is 70.2 cm³/mol. The van der Waals surface area contributed by atoms with Crippen molar-refractivity contribution in [3.63, 3.8) is 0 Å². The van der Waals surface area contributed by atoms with Gasteiger partial charge in [0.05, 0.1) is 23.4 Å². The Morgan fingerprint density at radius 2 is 2.26 bits per heavy atom. The van der Waals surface area contributed by atoms with Gasteiger partial charge in [0.1, 0.15) is 5.75 Å². The number of aromatic nitrogens is 1. The monoisotopic (exact) mass is 287 g/mol. The molecule has 0 saturated heterocycles. The van der Waals surface area contributed by atoms with Crippen molar-refractivity contribution >= 4 is 21.4 Å². The first-order valence-electron chi connectivity index (χ1n) is 5.57. The van der Waals surface area contributed by atoms with Gasteiger partial charge in [-0.25, -0.2) is 8.42 Å². The molecule has 0 bridgehead atoms. The zero-order valence-electron chi connectivity index (χ0n) is 10.8. The van der Waals surface area contributed by atoms with Gasteiger partial charge in [-0.2, -0.15) is 0 Å². The molecule has 1 amide bonds. The van der Waals surface area contributed by atoms with Crippen molar-refractivity contribution in [2.75, 3.05) is 25.2 Å². The molecule has 0 aliphatic rings. The summed E-state index contributed by atoms with van der Waals surface area (Å²) in [5, 5.41) is 2.53. The Morgan fingerprint density at radius 1 is 1.58 bits per heavy atom. The van der Waals surface area contributed by atoms with E-state index in [2.05, 4.69) is 10.3 Å². The molecule has 1 rings (SSSR count). The minimum Gasteiger partial charge on any atom is -0.396 e. The molecule has 0 saturated carbocycles. The van der Waals surface area contributed by atoms with Crippen LogP contribution in [0.15, 0.2) is 23.4 Å². The third-order valence-corrected chi connectivity index (χ3v) is 3.97. The second kappa shape index (κ2) is 6.48. The molecule has 3 N–H and O–H groups in total. The van der Waals surface area contributed by atoms with Crippen LogP contribution in [0.4, 0.5) is 5.69 Å². The lowest BCUT2D eigenvalue weighted by atomic mass is 10.3. The van der Waals surface area contributed by atoms with E-state index >= 15 is 0 Å². The van der Waals surface area contributed by atoms with Gasteiger partial charge in [0.25, 0.3) is 0 Å². The summed E-state index contributed by atoms with van der Waals surface area (Å²) in [6.45, 7) is 2.03. The second-order valence-corrected chi connectivity index (χ2v) is 6.05. The standard InChI is InChI=1S/C11H17N3O4S/c1-8(6-18-2)14-11(15)7-19(16,17)10-3-4-13-5-9(10)12/h3-5,8H,6-7,12H2,1-2H3,(H,14,15). The topological polar surface area (TPSA) is 111 Å². The van der Waals surface area contributed by atoms with Crippen LogP contribution in [-0.2, 0) is 19.4 Å². The number of nitrogens with two attached hydrogens (primary N) is 1. The largest absolute Gasteiger partial charge is 0.396 e. The summed E-state index contributed by atoms with van der Waals surface area (Å²) in [6, 6.07) is 1.01. The Balaban J connectivity index is 2.76. The van der Waals surface area contributed by atoms with Crippen molar-refractivity contribution in [2.45, 2.75) is 17.9 Å². The number of amides is 1. The third-order valence-electron chi connectivity index (χ3n) is 2.29. The number of nitrogen functional groups attached to an aromatic ring is 1. The van der Waals surface area contributed by atoms with E-state index in [1.807, 2.05) is 0 Å². The van der Waals surface area contributed by atoms with Gasteiger partial charge in [-0.3, -0.25) is 9.78 Å². The van der Waals surface area contributed by atoms with Crippen molar-refractivity contribution in [2.24, 2.45) is 0 Å². The number of hydrogen-bond acceptors (Lipinski definition) is 6. The van der Waals surface area contributed by atoms with Gasteiger partial charge in [-0.15, -0.1) is 0 Å². The van der Waals surface area contributed by atoms with Gasteiger partial charge in [0.15, 0.2) is 9.84 Å². The summed E-state index contributed by atoms with van der Waals surface area (Å²) in [6.07, 6.45) is 2.55. The zero-order chi connectivity index (χ0) is 14.5. The number of anilines is 1. The minimum atomic E-state index is -3.77. The summed E-state index contributed by atoms with van der Waals surface area (Å²) in [5.74, 6) is -1.25. The quantitative estimate of drug-likeness (QED) is 0.735. The normalized spacial score (nSPS) is 12.9. The van der Waals surface area contributed by atoms with E-state index in [9.17, 15) is 13.2 Å². The fraction of sp³-hybridized carbons (Fsp3) is 0.455. The van der Waals surface area contributed by atoms with Crippen molar-refractivity contribution < 1.29 is 17.9 Å². The lowest BCUT2D eigenvalue weighted by Crippen LogP contribution is -2.39. The maximum atomic E-state index is 12.0. The van der Waals surface area contributed by atoms with Crippen LogP contribution >= 0.6 is 0 Å². The van der Waals surface area contributed by atoms with Crippen molar-refractivity contribution in [3.8, 4) is 0 Å². The maximum absolute atomic E-state index is 12.0. The van der Waals surface area contributed by atoms with Gasteiger partial charge in [0.2, 0.25) is 5.91 Å². The minimum absolute atomic E-state index is 0.0280. The second-order valence-electron chi connectivity index (χ2n) is 4.10. The van der Waals surface area contributed by atoms with Crippen LogP contribution in [0, 0.1) is 0 Å². The molecule has 8 heteroatoms. The predicted octanol–water partition coefficient (Wildman–Crippen LogP) is -0.411. The lowest BCUT2D eigenvalue weighted by molar-refractivity contribution is -0.119. The number of carbonyl (C=O) groups excluding carboxylic acids is 1. The highest BCUT2D eigenvalue weighted by Crippen LogP contribution is 2.17. The van der Waals surface area contributed by atoms with Gasteiger partial charge in [-0.05, 0) is 13.0 Å². The van der Waals surface area contributed by atoms with E-state index in [0.717, 1.165) is 0 Å². The molecule has 0 aromatic carbocycles. The van der Waals surface area contributed by atoms with E-state index in [1.165, 1.54) is 25.6 Å². The smallest absolute Gasteiger partial charge is 0.235 e. The van der Waals surface area contributed by atoms with Crippen LogP contribution in [0.2, 0.25) is 0 Å². The van der Waals surface area contributed by atoms with Crippen LogP contribution in [0.5, 0.6) is 0 Å². The average molecular weight is 287 g/mol. The Labute approximate surface area is 112 Å². The van der Waals surface area contributed by atoms with Crippen molar-refractivity contribution in [1.82, 2.24) is 10.3 Å². The first-order valence-corrected chi connectivity index (χ1v) is 7.22. The molecule has 0 radical (unpaired) electrons. The fourth-order valence-corrected chi connectivity index (χ4v) is 2.80.